The van der Waals surface area contributed by atoms with Crippen LogP contribution in [0.3, 0.4) is 0 Å². The van der Waals surface area contributed by atoms with Crippen molar-refractivity contribution in [1.82, 2.24) is 5.32 Å². The molecular weight excluding hydrogens is 464 g/mol. The van der Waals surface area contributed by atoms with Crippen molar-refractivity contribution in [3.63, 3.8) is 0 Å². The van der Waals surface area contributed by atoms with E-state index in [2.05, 4.69) is 10.0 Å². The van der Waals surface area contributed by atoms with Crippen molar-refractivity contribution in [3.8, 4) is 11.5 Å². The number of aryl methyl sites for hydroxylation is 2. The number of hydrogen-bond acceptors (Lipinski definition) is 5. The van der Waals surface area contributed by atoms with Gasteiger partial charge in [-0.15, -0.1) is 0 Å². The van der Waals surface area contributed by atoms with E-state index in [1.165, 1.54) is 25.3 Å². The van der Waals surface area contributed by atoms with E-state index in [4.69, 9.17) is 21.1 Å². The van der Waals surface area contributed by atoms with E-state index in [1.807, 2.05) is 19.1 Å². The van der Waals surface area contributed by atoms with Crippen LogP contribution in [0.15, 0.2) is 59.5 Å². The Morgan fingerprint density at radius 3 is 2.36 bits per heavy atom. The standard InChI is InChI=1S/C24H25ClN2O5S/c1-15-5-6-16(2)20(11-15)27-33(29,30)23-13-18(8-9-19(23)25)24(28)26-14-17-7-10-21(31-3)22(12-17)32-4/h5-13,27H,14H2,1-4H3,(H,26,28). The fourth-order valence-electron chi connectivity index (χ4n) is 3.17. The lowest BCUT2D eigenvalue weighted by Gasteiger charge is -2.14. The molecule has 0 aromatic heterocycles. The largest absolute Gasteiger partial charge is 0.493 e. The summed E-state index contributed by atoms with van der Waals surface area (Å²) in [4.78, 5) is 12.5. The maximum Gasteiger partial charge on any atom is 0.263 e. The number of carbonyl (C=O) groups excluding carboxylic acids is 1. The Morgan fingerprint density at radius 2 is 1.67 bits per heavy atom. The van der Waals surface area contributed by atoms with Crippen LogP contribution < -0.4 is 19.5 Å². The summed E-state index contributed by atoms with van der Waals surface area (Å²) in [7, 11) is -0.943. The van der Waals surface area contributed by atoms with Gasteiger partial charge in [0.15, 0.2) is 11.5 Å². The average molecular weight is 489 g/mol. The normalized spacial score (nSPS) is 11.1. The molecule has 0 heterocycles. The lowest BCUT2D eigenvalue weighted by atomic mass is 10.1. The van der Waals surface area contributed by atoms with Crippen molar-refractivity contribution in [2.45, 2.75) is 25.3 Å². The second-order valence-corrected chi connectivity index (χ2v) is 9.50. The maximum atomic E-state index is 13.0. The molecule has 3 rings (SSSR count). The molecule has 9 heteroatoms. The zero-order valence-electron chi connectivity index (χ0n) is 18.7. The first kappa shape index (κ1) is 24.4. The van der Waals surface area contributed by atoms with E-state index >= 15 is 0 Å². The summed E-state index contributed by atoms with van der Waals surface area (Å²) in [6, 6.07) is 14.9. The molecule has 0 atom stereocenters. The van der Waals surface area contributed by atoms with Crippen molar-refractivity contribution >= 4 is 33.2 Å². The smallest absolute Gasteiger partial charge is 0.263 e. The number of carbonyl (C=O) groups is 1. The number of halogens is 1. The summed E-state index contributed by atoms with van der Waals surface area (Å²) in [5.74, 6) is 0.683. The first-order valence-corrected chi connectivity index (χ1v) is 11.9. The molecule has 0 bridgehead atoms. The Hall–Kier alpha value is -3.23. The first-order chi connectivity index (χ1) is 15.6. The number of rotatable bonds is 8. The lowest BCUT2D eigenvalue weighted by molar-refractivity contribution is 0.0950. The van der Waals surface area contributed by atoms with Gasteiger partial charge in [-0.25, -0.2) is 8.42 Å². The Labute approximate surface area is 198 Å². The van der Waals surface area contributed by atoms with E-state index in [0.29, 0.717) is 17.2 Å². The number of benzene rings is 3. The third-order valence-corrected chi connectivity index (χ3v) is 6.87. The van der Waals surface area contributed by atoms with Gasteiger partial charge in [0.25, 0.3) is 15.9 Å². The lowest BCUT2D eigenvalue weighted by Crippen LogP contribution is -2.23. The molecule has 0 saturated heterocycles. The Morgan fingerprint density at radius 1 is 0.939 bits per heavy atom. The summed E-state index contributed by atoms with van der Waals surface area (Å²) in [6.45, 7) is 3.88. The van der Waals surface area contributed by atoms with Crippen LogP contribution in [-0.2, 0) is 16.6 Å². The Bertz CT molecular complexity index is 1290. The van der Waals surface area contributed by atoms with Gasteiger partial charge >= 0.3 is 0 Å². The highest BCUT2D eigenvalue weighted by Gasteiger charge is 2.21. The fraction of sp³-hybridized carbons (Fsp3) is 0.208. The van der Waals surface area contributed by atoms with E-state index in [0.717, 1.165) is 16.7 Å². The third-order valence-electron chi connectivity index (χ3n) is 5.02. The molecule has 3 aromatic carbocycles. The fourth-order valence-corrected chi connectivity index (χ4v) is 4.82. The molecule has 0 aliphatic heterocycles. The summed E-state index contributed by atoms with van der Waals surface area (Å²) in [5.41, 5.74) is 3.09. The van der Waals surface area contributed by atoms with Crippen LogP contribution in [-0.4, -0.2) is 28.5 Å². The number of sulfonamides is 1. The monoisotopic (exact) mass is 488 g/mol. The molecule has 0 unspecified atom stereocenters. The number of methoxy groups -OCH3 is 2. The summed E-state index contributed by atoms with van der Waals surface area (Å²) in [5, 5.41) is 2.79. The van der Waals surface area contributed by atoms with Crippen molar-refractivity contribution in [2.24, 2.45) is 0 Å². The van der Waals surface area contributed by atoms with Gasteiger partial charge in [0.2, 0.25) is 0 Å². The van der Waals surface area contributed by atoms with Gasteiger partial charge in [-0.2, -0.15) is 0 Å². The molecule has 0 fully saturated rings. The summed E-state index contributed by atoms with van der Waals surface area (Å²) in [6.07, 6.45) is 0. The number of anilines is 1. The number of nitrogens with one attached hydrogen (secondary N) is 2. The van der Waals surface area contributed by atoms with Gasteiger partial charge in [0.05, 0.1) is 24.9 Å². The van der Waals surface area contributed by atoms with Crippen LogP contribution in [0.25, 0.3) is 0 Å². The van der Waals surface area contributed by atoms with Crippen LogP contribution >= 0.6 is 11.6 Å². The Balaban J connectivity index is 1.80. The van der Waals surface area contributed by atoms with Crippen LogP contribution in [0, 0.1) is 13.8 Å². The molecule has 0 spiro atoms. The number of ether oxygens (including phenoxy) is 2. The Kier molecular flexibility index (Phi) is 7.50. The van der Waals surface area contributed by atoms with Gasteiger partial charge < -0.3 is 14.8 Å². The molecule has 3 aromatic rings. The van der Waals surface area contributed by atoms with E-state index in [1.54, 1.807) is 38.3 Å². The van der Waals surface area contributed by atoms with Gasteiger partial charge in [0, 0.05) is 12.1 Å². The number of amides is 1. The van der Waals surface area contributed by atoms with Crippen molar-refractivity contribution < 1.29 is 22.7 Å². The van der Waals surface area contributed by atoms with E-state index in [9.17, 15) is 13.2 Å². The molecule has 2 N–H and O–H groups in total. The van der Waals surface area contributed by atoms with Crippen molar-refractivity contribution in [3.05, 3.63) is 81.9 Å². The molecule has 7 nitrogen and oxygen atoms in total. The molecule has 0 saturated carbocycles. The third kappa shape index (κ3) is 5.77. The first-order valence-electron chi connectivity index (χ1n) is 10.0. The van der Waals surface area contributed by atoms with Crippen molar-refractivity contribution in [2.75, 3.05) is 18.9 Å². The molecule has 0 aliphatic rings. The highest BCUT2D eigenvalue weighted by Crippen LogP contribution is 2.28. The van der Waals surface area contributed by atoms with Gasteiger partial charge in [0.1, 0.15) is 4.90 Å². The highest BCUT2D eigenvalue weighted by atomic mass is 35.5. The van der Waals surface area contributed by atoms with Gasteiger partial charge in [-0.3, -0.25) is 9.52 Å². The van der Waals surface area contributed by atoms with E-state index in [-0.39, 0.29) is 22.0 Å². The summed E-state index contributed by atoms with van der Waals surface area (Å²) >= 11 is 6.18. The minimum absolute atomic E-state index is 0.0178. The van der Waals surface area contributed by atoms with Gasteiger partial charge in [-0.1, -0.05) is 29.8 Å². The highest BCUT2D eigenvalue weighted by molar-refractivity contribution is 7.92. The molecule has 0 aliphatic carbocycles. The second kappa shape index (κ2) is 10.1. The zero-order valence-corrected chi connectivity index (χ0v) is 20.3. The second-order valence-electron chi connectivity index (χ2n) is 7.44. The average Bonchev–Trinajstić information content (AvgIpc) is 2.79. The van der Waals surface area contributed by atoms with E-state index < -0.39 is 15.9 Å². The SMILES string of the molecule is COc1ccc(CNC(=O)c2ccc(Cl)c(S(=O)(=O)Nc3cc(C)ccc3C)c2)cc1OC. The molecule has 1 amide bonds. The van der Waals surface area contributed by atoms with Crippen LogP contribution in [0.2, 0.25) is 5.02 Å². The minimum atomic E-state index is -4.02. The quantitative estimate of drug-likeness (QED) is 0.479. The van der Waals surface area contributed by atoms with Crippen LogP contribution in [0.1, 0.15) is 27.0 Å². The van der Waals surface area contributed by atoms with Crippen LogP contribution in [0.5, 0.6) is 11.5 Å². The molecule has 33 heavy (non-hydrogen) atoms. The predicted molar refractivity (Wildman–Crippen MR) is 129 cm³/mol. The van der Waals surface area contributed by atoms with Crippen LogP contribution in [0.4, 0.5) is 5.69 Å². The summed E-state index contributed by atoms with van der Waals surface area (Å²) < 4.78 is 39.1. The molecule has 174 valence electrons. The zero-order chi connectivity index (χ0) is 24.2. The maximum absolute atomic E-state index is 13.0. The minimum Gasteiger partial charge on any atom is -0.493 e. The topological polar surface area (TPSA) is 93.7 Å². The molecular formula is C24H25ClN2O5S. The number of hydrogen-bond donors (Lipinski definition) is 2. The van der Waals surface area contributed by atoms with Crippen molar-refractivity contribution in [1.29, 1.82) is 0 Å². The predicted octanol–water partition coefficient (Wildman–Crippen LogP) is 4.70. The molecule has 0 radical (unpaired) electrons. The van der Waals surface area contributed by atoms with Gasteiger partial charge in [-0.05, 0) is 66.9 Å².